The molecule has 0 radical (unpaired) electrons. The number of anilines is 2. The van der Waals surface area contributed by atoms with Crippen molar-refractivity contribution in [2.24, 2.45) is 0 Å². The third-order valence-corrected chi connectivity index (χ3v) is 2.89. The second-order valence-corrected chi connectivity index (χ2v) is 4.23. The van der Waals surface area contributed by atoms with E-state index < -0.39 is 4.92 Å². The highest BCUT2D eigenvalue weighted by Gasteiger charge is 2.15. The molecule has 102 valence electrons. The summed E-state index contributed by atoms with van der Waals surface area (Å²) in [6, 6.07) is 9.95. The monoisotopic (exact) mass is 280 g/mol. The minimum Gasteiger partial charge on any atom is -0.340 e. The number of pyridine rings is 1. The fourth-order valence-electron chi connectivity index (χ4n) is 1.92. The second kappa shape index (κ2) is 4.90. The first-order valence-corrected chi connectivity index (χ1v) is 5.93. The molecule has 3 aromatic rings. The van der Waals surface area contributed by atoms with E-state index in [2.05, 4.69) is 20.5 Å². The van der Waals surface area contributed by atoms with Crippen molar-refractivity contribution in [3.8, 4) is 6.07 Å². The second-order valence-electron chi connectivity index (χ2n) is 4.23. The van der Waals surface area contributed by atoms with Gasteiger partial charge < -0.3 is 5.32 Å². The van der Waals surface area contributed by atoms with Crippen LogP contribution in [0.15, 0.2) is 36.5 Å². The average Bonchev–Trinajstić information content (AvgIpc) is 2.94. The van der Waals surface area contributed by atoms with Crippen molar-refractivity contribution in [2.75, 3.05) is 5.32 Å². The van der Waals surface area contributed by atoms with Crippen LogP contribution >= 0.6 is 0 Å². The number of nitrogens with zero attached hydrogens (tertiary/aromatic N) is 4. The van der Waals surface area contributed by atoms with E-state index in [4.69, 9.17) is 5.26 Å². The van der Waals surface area contributed by atoms with Crippen molar-refractivity contribution in [3.63, 3.8) is 0 Å². The quantitative estimate of drug-likeness (QED) is 0.561. The molecule has 2 heterocycles. The smallest absolute Gasteiger partial charge is 0.305 e. The van der Waals surface area contributed by atoms with Gasteiger partial charge in [0.2, 0.25) is 5.69 Å². The van der Waals surface area contributed by atoms with Crippen LogP contribution in [0.5, 0.6) is 0 Å². The molecule has 0 spiro atoms. The van der Waals surface area contributed by atoms with Crippen LogP contribution in [-0.4, -0.2) is 20.1 Å². The Morgan fingerprint density at radius 3 is 2.95 bits per heavy atom. The highest BCUT2D eigenvalue weighted by molar-refractivity contribution is 5.82. The zero-order valence-electron chi connectivity index (χ0n) is 10.6. The van der Waals surface area contributed by atoms with Crippen LogP contribution in [0.2, 0.25) is 0 Å². The van der Waals surface area contributed by atoms with Crippen LogP contribution < -0.4 is 5.32 Å². The normalized spacial score (nSPS) is 10.2. The van der Waals surface area contributed by atoms with Gasteiger partial charge in [0.25, 0.3) is 0 Å². The van der Waals surface area contributed by atoms with Gasteiger partial charge in [-0.15, -0.1) is 0 Å². The lowest BCUT2D eigenvalue weighted by atomic mass is 10.2. The lowest BCUT2D eigenvalue weighted by molar-refractivity contribution is -0.385. The number of H-pyrrole nitrogens is 1. The van der Waals surface area contributed by atoms with E-state index in [1.807, 2.05) is 18.2 Å². The van der Waals surface area contributed by atoms with Gasteiger partial charge >= 0.3 is 5.69 Å². The first-order valence-electron chi connectivity index (χ1n) is 5.93. The maximum absolute atomic E-state index is 10.8. The number of fused-ring (bicyclic) bond motifs is 1. The van der Waals surface area contributed by atoms with Gasteiger partial charge in [-0.2, -0.15) is 10.4 Å². The minimum atomic E-state index is -0.632. The molecule has 0 aliphatic carbocycles. The highest BCUT2D eigenvalue weighted by Crippen LogP contribution is 2.23. The van der Waals surface area contributed by atoms with Crippen LogP contribution in [0.3, 0.4) is 0 Å². The van der Waals surface area contributed by atoms with E-state index >= 15 is 0 Å². The summed E-state index contributed by atoms with van der Waals surface area (Å²) in [6.07, 6.45) is 1.69. The van der Waals surface area contributed by atoms with Gasteiger partial charge in [-0.25, -0.2) is 4.98 Å². The molecule has 2 aromatic heterocycles. The van der Waals surface area contributed by atoms with Gasteiger partial charge in [0.1, 0.15) is 11.9 Å². The van der Waals surface area contributed by atoms with Gasteiger partial charge in [0.05, 0.1) is 16.6 Å². The number of aromatic nitrogens is 3. The molecule has 0 unspecified atom stereocenters. The number of rotatable bonds is 3. The minimum absolute atomic E-state index is 0.227. The molecule has 3 rings (SSSR count). The molecule has 8 heteroatoms. The maximum Gasteiger partial charge on any atom is 0.305 e. The molecule has 0 bridgehead atoms. The van der Waals surface area contributed by atoms with Crippen LogP contribution in [0.4, 0.5) is 17.2 Å². The molecule has 0 atom stereocenters. The van der Waals surface area contributed by atoms with Crippen LogP contribution in [0.1, 0.15) is 5.69 Å². The summed E-state index contributed by atoms with van der Waals surface area (Å²) < 4.78 is 0. The van der Waals surface area contributed by atoms with E-state index in [1.54, 1.807) is 12.3 Å². The Morgan fingerprint density at radius 2 is 2.19 bits per heavy atom. The predicted molar refractivity (Wildman–Crippen MR) is 75.0 cm³/mol. The topological polar surface area (TPSA) is 121 Å². The highest BCUT2D eigenvalue weighted by atomic mass is 16.6. The van der Waals surface area contributed by atoms with Gasteiger partial charge in [-0.1, -0.05) is 0 Å². The Hall–Kier alpha value is -3.47. The van der Waals surface area contributed by atoms with Crippen molar-refractivity contribution < 1.29 is 4.92 Å². The van der Waals surface area contributed by atoms with Crippen LogP contribution in [0.25, 0.3) is 10.9 Å². The zero-order valence-corrected chi connectivity index (χ0v) is 10.6. The standard InChI is InChI=1S/C13H8N6O2/c14-6-11-12(19(20)21)3-4-13(17-11)16-9-1-2-10-8(5-9)7-15-18-10/h1-5,7H,(H,15,18)(H,16,17). The lowest BCUT2D eigenvalue weighted by Gasteiger charge is -2.05. The Morgan fingerprint density at radius 1 is 1.33 bits per heavy atom. The average molecular weight is 280 g/mol. The van der Waals surface area contributed by atoms with Crippen LogP contribution in [0, 0.1) is 21.4 Å². The number of benzene rings is 1. The molecule has 0 fully saturated rings. The maximum atomic E-state index is 10.8. The zero-order chi connectivity index (χ0) is 14.8. The van der Waals surface area contributed by atoms with Crippen molar-refractivity contribution >= 4 is 28.1 Å². The van der Waals surface area contributed by atoms with Gasteiger partial charge in [0.15, 0.2) is 0 Å². The van der Waals surface area contributed by atoms with E-state index in [-0.39, 0.29) is 11.4 Å². The molecule has 0 aliphatic rings. The molecule has 0 saturated carbocycles. The Kier molecular flexibility index (Phi) is 2.93. The van der Waals surface area contributed by atoms with Crippen molar-refractivity contribution in [3.05, 3.63) is 52.3 Å². The SMILES string of the molecule is N#Cc1nc(Nc2ccc3[nH]ncc3c2)ccc1[N+](=O)[O-]. The number of aromatic amines is 1. The number of hydrogen-bond donors (Lipinski definition) is 2. The molecular formula is C13H8N6O2. The summed E-state index contributed by atoms with van der Waals surface area (Å²) in [4.78, 5) is 14.1. The Balaban J connectivity index is 1.94. The summed E-state index contributed by atoms with van der Waals surface area (Å²) in [5.41, 5.74) is 1.10. The number of nitriles is 1. The predicted octanol–water partition coefficient (Wildman–Crippen LogP) is 2.48. The molecule has 1 aromatic carbocycles. The van der Waals surface area contributed by atoms with Gasteiger partial charge in [-0.3, -0.25) is 15.2 Å². The summed E-state index contributed by atoms with van der Waals surface area (Å²) in [5, 5.41) is 30.3. The number of nitrogens with one attached hydrogen (secondary N) is 2. The summed E-state index contributed by atoms with van der Waals surface area (Å²) in [5.74, 6) is 0.361. The van der Waals surface area contributed by atoms with E-state index in [0.29, 0.717) is 5.82 Å². The van der Waals surface area contributed by atoms with Crippen molar-refractivity contribution in [1.29, 1.82) is 5.26 Å². The summed E-state index contributed by atoms with van der Waals surface area (Å²) in [6.45, 7) is 0. The van der Waals surface area contributed by atoms with Gasteiger partial charge in [-0.05, 0) is 24.3 Å². The largest absolute Gasteiger partial charge is 0.340 e. The van der Waals surface area contributed by atoms with E-state index in [9.17, 15) is 10.1 Å². The molecule has 8 nitrogen and oxygen atoms in total. The molecule has 0 aliphatic heterocycles. The lowest BCUT2D eigenvalue weighted by Crippen LogP contribution is -1.99. The van der Waals surface area contributed by atoms with Crippen molar-refractivity contribution in [1.82, 2.24) is 15.2 Å². The molecule has 21 heavy (non-hydrogen) atoms. The van der Waals surface area contributed by atoms with E-state index in [0.717, 1.165) is 16.6 Å². The van der Waals surface area contributed by atoms with E-state index in [1.165, 1.54) is 12.1 Å². The third kappa shape index (κ3) is 2.35. The number of nitro groups is 1. The first-order chi connectivity index (χ1) is 10.2. The third-order valence-electron chi connectivity index (χ3n) is 2.89. The molecule has 0 amide bonds. The summed E-state index contributed by atoms with van der Waals surface area (Å²) >= 11 is 0. The molecule has 0 saturated heterocycles. The van der Waals surface area contributed by atoms with Crippen LogP contribution in [-0.2, 0) is 0 Å². The molecule has 2 N–H and O–H groups in total. The fourth-order valence-corrected chi connectivity index (χ4v) is 1.92. The molecular weight excluding hydrogens is 272 g/mol. The first kappa shape index (κ1) is 12.6. The van der Waals surface area contributed by atoms with Gasteiger partial charge in [0, 0.05) is 17.1 Å². The Bertz CT molecular complexity index is 880. The van der Waals surface area contributed by atoms with Crippen molar-refractivity contribution in [2.45, 2.75) is 0 Å². The number of hydrogen-bond acceptors (Lipinski definition) is 6. The fraction of sp³-hybridized carbons (Fsp3) is 0. The Labute approximate surface area is 118 Å². The summed E-state index contributed by atoms with van der Waals surface area (Å²) in [7, 11) is 0.